The SMILES string of the molecule is CC(C)(CCCC(=O)OCC1c2ccccc2-c2ccccc21)C(=O)OCC1c2ccccc2-c2ccccc21.CC(C)CCC(=O)OCC1c2ccccc2-c2ccccc21.[HH].[HH]. The molecule has 0 atom stereocenters. The number of ether oxygens (including phenoxy) is 3. The Bertz CT molecular complexity index is 2440. The highest BCUT2D eigenvalue weighted by Gasteiger charge is 2.34. The molecule has 3 aliphatic rings. The Kier molecular flexibility index (Phi) is 12.8. The minimum atomic E-state index is -0.693. The van der Waals surface area contributed by atoms with E-state index in [0.717, 1.165) is 6.42 Å². The Hall–Kier alpha value is -6.27. The number of esters is 3. The van der Waals surface area contributed by atoms with Crippen molar-refractivity contribution in [3.63, 3.8) is 0 Å². The zero-order chi connectivity index (χ0) is 43.2. The molecule has 0 radical (unpaired) electrons. The molecule has 0 spiro atoms. The second-order valence-corrected chi connectivity index (χ2v) is 17.8. The van der Waals surface area contributed by atoms with Crippen molar-refractivity contribution < 1.29 is 31.4 Å². The van der Waals surface area contributed by atoms with Crippen molar-refractivity contribution in [1.29, 1.82) is 0 Å². The van der Waals surface area contributed by atoms with Crippen LogP contribution in [-0.2, 0) is 28.6 Å². The lowest BCUT2D eigenvalue weighted by Gasteiger charge is -2.24. The molecule has 9 rings (SSSR count). The van der Waals surface area contributed by atoms with Gasteiger partial charge in [-0.2, -0.15) is 0 Å². The van der Waals surface area contributed by atoms with E-state index in [4.69, 9.17) is 14.2 Å². The lowest BCUT2D eigenvalue weighted by molar-refractivity contribution is -0.155. The van der Waals surface area contributed by atoms with Crippen molar-refractivity contribution in [2.24, 2.45) is 11.3 Å². The van der Waals surface area contributed by atoms with Gasteiger partial charge in [0.05, 0.1) is 5.41 Å². The molecule has 62 heavy (non-hydrogen) atoms. The van der Waals surface area contributed by atoms with Gasteiger partial charge in [-0.3, -0.25) is 14.4 Å². The van der Waals surface area contributed by atoms with Crippen molar-refractivity contribution in [2.45, 2.75) is 77.6 Å². The highest BCUT2D eigenvalue weighted by Crippen LogP contribution is 2.47. The maximum absolute atomic E-state index is 13.1. The topological polar surface area (TPSA) is 78.9 Å². The van der Waals surface area contributed by atoms with Crippen LogP contribution in [0.15, 0.2) is 146 Å². The first-order valence-electron chi connectivity index (χ1n) is 22.1. The third-order valence-electron chi connectivity index (χ3n) is 12.8. The normalized spacial score (nSPS) is 13.5. The molecular formula is C56H60O6. The van der Waals surface area contributed by atoms with Crippen LogP contribution in [0.25, 0.3) is 33.4 Å². The fourth-order valence-electron chi connectivity index (χ4n) is 9.35. The molecule has 3 aliphatic carbocycles. The molecule has 0 aromatic heterocycles. The summed E-state index contributed by atoms with van der Waals surface area (Å²) in [7, 11) is 0. The summed E-state index contributed by atoms with van der Waals surface area (Å²) in [6, 6.07) is 50.1. The Balaban J connectivity index is 0.000000241. The first kappa shape index (κ1) is 42.4. The summed E-state index contributed by atoms with van der Waals surface area (Å²) in [5, 5.41) is 0. The van der Waals surface area contributed by atoms with E-state index in [-0.39, 0.29) is 44.9 Å². The third kappa shape index (κ3) is 9.02. The molecule has 6 nitrogen and oxygen atoms in total. The number of carbonyl (C=O) groups excluding carboxylic acids is 3. The average Bonchev–Trinajstić information content (AvgIpc) is 3.91. The van der Waals surface area contributed by atoms with Gasteiger partial charge < -0.3 is 14.2 Å². The maximum atomic E-state index is 13.1. The summed E-state index contributed by atoms with van der Waals surface area (Å²) in [6.45, 7) is 9.09. The van der Waals surface area contributed by atoms with Crippen LogP contribution >= 0.6 is 0 Å². The fraction of sp³-hybridized carbons (Fsp3) is 0.304. The predicted octanol–water partition coefficient (Wildman–Crippen LogP) is 13.2. The molecule has 0 N–H and O–H groups in total. The Morgan fingerprint density at radius 1 is 0.468 bits per heavy atom. The fourth-order valence-corrected chi connectivity index (χ4v) is 9.35. The first-order valence-corrected chi connectivity index (χ1v) is 22.1. The summed E-state index contributed by atoms with van der Waals surface area (Å²) in [5.41, 5.74) is 14.0. The number of fused-ring (bicyclic) bond motifs is 9. The van der Waals surface area contributed by atoms with Crippen LogP contribution in [0.3, 0.4) is 0 Å². The van der Waals surface area contributed by atoms with Gasteiger partial charge in [0.25, 0.3) is 0 Å². The van der Waals surface area contributed by atoms with E-state index < -0.39 is 5.41 Å². The van der Waals surface area contributed by atoms with Gasteiger partial charge in [-0.15, -0.1) is 0 Å². The van der Waals surface area contributed by atoms with Gasteiger partial charge in [-0.1, -0.05) is 159 Å². The van der Waals surface area contributed by atoms with E-state index in [9.17, 15) is 14.4 Å². The first-order chi connectivity index (χ1) is 30.1. The van der Waals surface area contributed by atoms with Crippen LogP contribution in [-0.4, -0.2) is 37.7 Å². The molecule has 0 saturated carbocycles. The summed E-state index contributed by atoms with van der Waals surface area (Å²) in [5.74, 6) is 0.222. The maximum Gasteiger partial charge on any atom is 0.311 e. The van der Waals surface area contributed by atoms with Crippen molar-refractivity contribution in [1.82, 2.24) is 0 Å². The minimum Gasteiger partial charge on any atom is -0.465 e. The van der Waals surface area contributed by atoms with Crippen LogP contribution in [0.2, 0.25) is 0 Å². The second kappa shape index (κ2) is 18.8. The smallest absolute Gasteiger partial charge is 0.311 e. The van der Waals surface area contributed by atoms with E-state index in [1.165, 1.54) is 66.8 Å². The number of hydrogen-bond donors (Lipinski definition) is 0. The van der Waals surface area contributed by atoms with E-state index in [2.05, 4.69) is 111 Å². The Labute approximate surface area is 369 Å². The molecule has 320 valence electrons. The zero-order valence-electron chi connectivity index (χ0n) is 36.3. The number of hydrogen-bond acceptors (Lipinski definition) is 6. The molecule has 0 saturated heterocycles. The number of carbonyl (C=O) groups is 3. The molecule has 6 heteroatoms. The lowest BCUT2D eigenvalue weighted by Crippen LogP contribution is -2.28. The van der Waals surface area contributed by atoms with Gasteiger partial charge in [0.15, 0.2) is 0 Å². The monoisotopic (exact) mass is 828 g/mol. The van der Waals surface area contributed by atoms with Gasteiger partial charge in [-0.25, -0.2) is 0 Å². The molecule has 6 aromatic carbocycles. The van der Waals surface area contributed by atoms with Crippen LogP contribution in [0.4, 0.5) is 0 Å². The van der Waals surface area contributed by atoms with Crippen LogP contribution in [0.1, 0.15) is 114 Å². The molecule has 0 bridgehead atoms. The highest BCUT2D eigenvalue weighted by atomic mass is 16.5. The molecule has 0 fully saturated rings. The second-order valence-electron chi connectivity index (χ2n) is 17.8. The Morgan fingerprint density at radius 2 is 0.758 bits per heavy atom. The van der Waals surface area contributed by atoms with Crippen molar-refractivity contribution in [2.75, 3.05) is 19.8 Å². The Morgan fingerprint density at radius 3 is 1.08 bits per heavy atom. The molecule has 0 unspecified atom stereocenters. The third-order valence-corrected chi connectivity index (χ3v) is 12.8. The molecule has 6 aromatic rings. The highest BCUT2D eigenvalue weighted by molar-refractivity contribution is 5.82. The van der Waals surface area contributed by atoms with Gasteiger partial charge >= 0.3 is 17.9 Å². The van der Waals surface area contributed by atoms with Gasteiger partial charge in [0.1, 0.15) is 19.8 Å². The van der Waals surface area contributed by atoms with Crippen LogP contribution < -0.4 is 0 Å². The molecule has 0 aliphatic heterocycles. The standard InChI is InChI=1S/C36H34O4.C20H22O2.2H2/c1-36(2,35(38)40-23-33-30-18-9-5-14-26(30)27-15-6-10-19-31(27)33)21-11-20-34(37)39-22-32-28-16-7-3-12-24(28)25-13-4-8-17-29(25)32;1-14(2)11-12-20(21)22-13-19-17-9-5-3-7-15(17)16-8-4-6-10-18(16)19;;/h3-10,12-19,32-33H,11,20-23H2,1-2H3;3-10,14,19H,11-13H2,1-2H3;2*1H. The quantitative estimate of drug-likeness (QED) is 0.0804. The van der Waals surface area contributed by atoms with E-state index in [1.54, 1.807) is 0 Å². The van der Waals surface area contributed by atoms with Crippen LogP contribution in [0.5, 0.6) is 0 Å². The number of rotatable bonds is 14. The largest absolute Gasteiger partial charge is 0.465 e. The zero-order valence-corrected chi connectivity index (χ0v) is 36.3. The van der Waals surface area contributed by atoms with Crippen molar-refractivity contribution in [3.05, 3.63) is 179 Å². The van der Waals surface area contributed by atoms with E-state index in [1.807, 2.05) is 62.4 Å². The van der Waals surface area contributed by atoms with Gasteiger partial charge in [0, 0.05) is 33.4 Å². The van der Waals surface area contributed by atoms with Crippen molar-refractivity contribution >= 4 is 17.9 Å². The summed E-state index contributed by atoms with van der Waals surface area (Å²) in [4.78, 5) is 37.7. The number of benzene rings is 6. The summed E-state index contributed by atoms with van der Waals surface area (Å²) in [6.07, 6.45) is 2.78. The molecule has 0 heterocycles. The summed E-state index contributed by atoms with van der Waals surface area (Å²) < 4.78 is 17.2. The molecule has 0 amide bonds. The predicted molar refractivity (Wildman–Crippen MR) is 250 cm³/mol. The molecular weight excluding hydrogens is 769 g/mol. The van der Waals surface area contributed by atoms with Crippen molar-refractivity contribution in [3.8, 4) is 33.4 Å². The minimum absolute atomic E-state index is 0. The van der Waals surface area contributed by atoms with E-state index >= 15 is 0 Å². The van der Waals surface area contributed by atoms with Gasteiger partial charge in [0.2, 0.25) is 0 Å². The summed E-state index contributed by atoms with van der Waals surface area (Å²) >= 11 is 0. The average molecular weight is 829 g/mol. The van der Waals surface area contributed by atoms with E-state index in [0.29, 0.717) is 45.0 Å². The lowest BCUT2D eigenvalue weighted by atomic mass is 9.87. The van der Waals surface area contributed by atoms with Gasteiger partial charge in [-0.05, 0) is 106 Å². The van der Waals surface area contributed by atoms with Crippen LogP contribution in [0, 0.1) is 11.3 Å².